The summed E-state index contributed by atoms with van der Waals surface area (Å²) < 4.78 is 4.90. The van der Waals surface area contributed by atoms with E-state index in [0.29, 0.717) is 25.5 Å². The number of hydrogen-bond acceptors (Lipinski definition) is 3. The summed E-state index contributed by atoms with van der Waals surface area (Å²) in [5.74, 6) is 0.347. The van der Waals surface area contributed by atoms with E-state index in [0.717, 1.165) is 11.1 Å². The molecule has 19 heavy (non-hydrogen) atoms. The maximum absolute atomic E-state index is 12.0. The molecule has 2 N–H and O–H groups in total. The Hall–Kier alpha value is -1.88. The lowest BCUT2D eigenvalue weighted by atomic mass is 10.1. The van der Waals surface area contributed by atoms with E-state index in [1.807, 2.05) is 36.1 Å². The molecule has 0 aromatic heterocycles. The van der Waals surface area contributed by atoms with Crippen LogP contribution in [0.4, 0.5) is 0 Å². The van der Waals surface area contributed by atoms with E-state index in [1.54, 1.807) is 7.11 Å². The van der Waals surface area contributed by atoms with Crippen molar-refractivity contribution in [2.24, 2.45) is 0 Å². The van der Waals surface area contributed by atoms with Gasteiger partial charge in [0.25, 0.3) is 0 Å². The van der Waals surface area contributed by atoms with E-state index in [9.17, 15) is 4.79 Å². The third kappa shape index (κ3) is 2.76. The van der Waals surface area contributed by atoms with Crippen LogP contribution < -0.4 is 5.32 Å². The van der Waals surface area contributed by atoms with E-state index in [2.05, 4.69) is 5.32 Å². The fourth-order valence-corrected chi connectivity index (χ4v) is 2.20. The van der Waals surface area contributed by atoms with Crippen LogP contribution >= 0.6 is 0 Å². The minimum Gasteiger partial charge on any atom is -0.383 e. The van der Waals surface area contributed by atoms with E-state index in [4.69, 9.17) is 10.1 Å². The van der Waals surface area contributed by atoms with Gasteiger partial charge in [0.2, 0.25) is 5.91 Å². The highest BCUT2D eigenvalue weighted by Crippen LogP contribution is 2.24. The van der Waals surface area contributed by atoms with Gasteiger partial charge in [0.1, 0.15) is 11.9 Å². The van der Waals surface area contributed by atoms with Crippen LogP contribution in [0.2, 0.25) is 0 Å². The number of carbonyl (C=O) groups excluding carboxylic acids is 1. The first kappa shape index (κ1) is 13.5. The minimum atomic E-state index is -0.350. The van der Waals surface area contributed by atoms with Gasteiger partial charge < -0.3 is 15.0 Å². The topological polar surface area (TPSA) is 65.4 Å². The maximum atomic E-state index is 12.0. The summed E-state index contributed by atoms with van der Waals surface area (Å²) >= 11 is 0. The second kappa shape index (κ2) is 5.84. The Bertz CT molecular complexity index is 487. The zero-order chi connectivity index (χ0) is 13.8. The molecule has 1 aromatic rings. The lowest BCUT2D eigenvalue weighted by Crippen LogP contribution is -2.45. The second-order valence-corrected chi connectivity index (χ2v) is 4.59. The van der Waals surface area contributed by atoms with Crippen LogP contribution in [0.25, 0.3) is 0 Å². The van der Waals surface area contributed by atoms with Gasteiger partial charge in [0.05, 0.1) is 6.61 Å². The summed E-state index contributed by atoms with van der Waals surface area (Å²) in [5, 5.41) is 11.0. The molecule has 1 atom stereocenters. The molecule has 1 heterocycles. The molecule has 1 unspecified atom stereocenters. The molecule has 1 aliphatic heterocycles. The van der Waals surface area contributed by atoms with Crippen LogP contribution in [0.1, 0.15) is 18.1 Å². The zero-order valence-electron chi connectivity index (χ0n) is 11.3. The molecule has 0 saturated heterocycles. The van der Waals surface area contributed by atoms with Crippen molar-refractivity contribution in [3.8, 4) is 0 Å². The molecule has 1 aliphatic rings. The van der Waals surface area contributed by atoms with Gasteiger partial charge >= 0.3 is 0 Å². The average molecular weight is 261 g/mol. The van der Waals surface area contributed by atoms with Gasteiger partial charge in [-0.25, -0.2) is 0 Å². The van der Waals surface area contributed by atoms with Crippen molar-refractivity contribution >= 4 is 11.7 Å². The van der Waals surface area contributed by atoms with Gasteiger partial charge in [0.15, 0.2) is 0 Å². The minimum absolute atomic E-state index is 0.0744. The smallest absolute Gasteiger partial charge is 0.242 e. The molecular weight excluding hydrogens is 242 g/mol. The first-order valence-electron chi connectivity index (χ1n) is 6.35. The van der Waals surface area contributed by atoms with Gasteiger partial charge in [-0.1, -0.05) is 24.3 Å². The second-order valence-electron chi connectivity index (χ2n) is 4.59. The molecule has 0 spiro atoms. The molecule has 2 rings (SSSR count). The molecule has 0 aliphatic carbocycles. The molecule has 0 bridgehead atoms. The highest BCUT2D eigenvalue weighted by atomic mass is 16.5. The molecule has 5 nitrogen and oxygen atoms in total. The normalized spacial score (nSPS) is 15.3. The molecule has 0 fully saturated rings. The van der Waals surface area contributed by atoms with Crippen LogP contribution in [-0.2, 0) is 16.1 Å². The quantitative estimate of drug-likeness (QED) is 0.776. The van der Waals surface area contributed by atoms with Gasteiger partial charge in [-0.05, 0) is 12.5 Å². The Balaban J connectivity index is 2.00. The molecular formula is C14H19N3O2. The van der Waals surface area contributed by atoms with E-state index in [-0.39, 0.29) is 11.9 Å². The highest BCUT2D eigenvalue weighted by molar-refractivity contribution is 6.02. The van der Waals surface area contributed by atoms with Crippen molar-refractivity contribution < 1.29 is 9.53 Å². The van der Waals surface area contributed by atoms with Gasteiger partial charge in [0, 0.05) is 25.8 Å². The number of benzene rings is 1. The predicted octanol–water partition coefficient (Wildman–Crippen LogP) is 0.979. The molecule has 1 aromatic carbocycles. The van der Waals surface area contributed by atoms with Crippen LogP contribution in [0.3, 0.4) is 0 Å². The summed E-state index contributed by atoms with van der Waals surface area (Å²) in [6.45, 7) is 3.43. The average Bonchev–Trinajstić information content (AvgIpc) is 2.76. The first-order chi connectivity index (χ1) is 9.15. The van der Waals surface area contributed by atoms with Gasteiger partial charge in [-0.15, -0.1) is 0 Å². The van der Waals surface area contributed by atoms with Crippen LogP contribution in [0, 0.1) is 5.41 Å². The van der Waals surface area contributed by atoms with Crippen molar-refractivity contribution in [2.45, 2.75) is 19.5 Å². The van der Waals surface area contributed by atoms with Crippen molar-refractivity contribution in [2.75, 3.05) is 20.3 Å². The Morgan fingerprint density at radius 1 is 1.53 bits per heavy atom. The van der Waals surface area contributed by atoms with Gasteiger partial charge in [-0.3, -0.25) is 10.2 Å². The van der Waals surface area contributed by atoms with Crippen molar-refractivity contribution in [1.29, 1.82) is 5.41 Å². The molecule has 0 saturated carbocycles. The summed E-state index contributed by atoms with van der Waals surface area (Å²) in [6, 6.07) is 7.45. The van der Waals surface area contributed by atoms with Crippen molar-refractivity contribution in [3.63, 3.8) is 0 Å². The van der Waals surface area contributed by atoms with E-state index >= 15 is 0 Å². The highest BCUT2D eigenvalue weighted by Gasteiger charge is 2.30. The Labute approximate surface area is 113 Å². The fourth-order valence-electron chi connectivity index (χ4n) is 2.20. The summed E-state index contributed by atoms with van der Waals surface area (Å²) in [7, 11) is 1.60. The van der Waals surface area contributed by atoms with Crippen LogP contribution in [0.15, 0.2) is 24.3 Å². The van der Waals surface area contributed by atoms with Crippen molar-refractivity contribution in [1.82, 2.24) is 10.2 Å². The summed E-state index contributed by atoms with van der Waals surface area (Å²) in [4.78, 5) is 13.8. The number of methoxy groups -OCH3 is 1. The lowest BCUT2D eigenvalue weighted by molar-refractivity contribution is -0.124. The lowest BCUT2D eigenvalue weighted by Gasteiger charge is -2.25. The number of rotatable bonds is 5. The fraction of sp³-hybridized carbons (Fsp3) is 0.429. The monoisotopic (exact) mass is 261 g/mol. The number of nitrogens with one attached hydrogen (secondary N) is 2. The molecule has 102 valence electrons. The predicted molar refractivity (Wildman–Crippen MR) is 73.2 cm³/mol. The SMILES string of the molecule is COCCNC(=O)C(C)N1Cc2ccccc2C1=N. The zero-order valence-corrected chi connectivity index (χ0v) is 11.3. The molecule has 5 heteroatoms. The Kier molecular flexibility index (Phi) is 4.16. The number of ether oxygens (including phenoxy) is 1. The van der Waals surface area contributed by atoms with Gasteiger partial charge in [-0.2, -0.15) is 0 Å². The van der Waals surface area contributed by atoms with E-state index < -0.39 is 0 Å². The number of nitrogens with zero attached hydrogens (tertiary/aromatic N) is 1. The number of amidine groups is 1. The third-order valence-electron chi connectivity index (χ3n) is 3.35. The van der Waals surface area contributed by atoms with E-state index in [1.165, 1.54) is 0 Å². The maximum Gasteiger partial charge on any atom is 0.242 e. The Morgan fingerprint density at radius 2 is 2.26 bits per heavy atom. The number of hydrogen-bond donors (Lipinski definition) is 2. The van der Waals surface area contributed by atoms with Crippen molar-refractivity contribution in [3.05, 3.63) is 35.4 Å². The summed E-state index contributed by atoms with van der Waals surface area (Å²) in [6.07, 6.45) is 0. The Morgan fingerprint density at radius 3 is 2.95 bits per heavy atom. The summed E-state index contributed by atoms with van der Waals surface area (Å²) in [5.41, 5.74) is 2.02. The van der Waals surface area contributed by atoms with Crippen LogP contribution in [-0.4, -0.2) is 42.9 Å². The third-order valence-corrected chi connectivity index (χ3v) is 3.35. The standard InChI is InChI=1S/C14H19N3O2/c1-10(14(18)16-7-8-19-2)17-9-11-5-3-4-6-12(11)13(17)15/h3-6,10,15H,7-9H2,1-2H3,(H,16,18). The van der Waals surface area contributed by atoms with Crippen LogP contribution in [0.5, 0.6) is 0 Å². The molecule has 1 amide bonds. The number of carbonyl (C=O) groups is 1. The number of amides is 1. The largest absolute Gasteiger partial charge is 0.383 e. The molecule has 0 radical (unpaired) electrons. The number of fused-ring (bicyclic) bond motifs is 1. The first-order valence-corrected chi connectivity index (χ1v) is 6.35.